The van der Waals surface area contributed by atoms with Crippen LogP contribution in [0.15, 0.2) is 71.2 Å². The highest BCUT2D eigenvalue weighted by Crippen LogP contribution is 2.51. The number of fused-ring (bicyclic) bond motifs is 2. The molecule has 6 atom stereocenters. The molecule has 0 aromatic heterocycles. The molecule has 3 aromatic carbocycles. The molecule has 1 fully saturated rings. The average Bonchev–Trinajstić information content (AvgIpc) is 3.37. The van der Waals surface area contributed by atoms with Crippen LogP contribution in [0.1, 0.15) is 53.6 Å². The van der Waals surface area contributed by atoms with Crippen LogP contribution < -0.4 is 62.7 Å². The number of benzene rings is 3. The molecule has 0 radical (unpaired) electrons. The molecule has 0 amide bonds. The number of halogens is 3. The highest BCUT2D eigenvalue weighted by Gasteiger charge is 2.49. The predicted molar refractivity (Wildman–Crippen MR) is 263 cm³/mol. The Morgan fingerprint density at radius 1 is 0.611 bits per heavy atom. The van der Waals surface area contributed by atoms with Crippen LogP contribution in [-0.2, 0) is 41.4 Å². The Morgan fingerprint density at radius 3 is 1.67 bits per heavy atom. The van der Waals surface area contributed by atoms with Crippen molar-refractivity contribution in [3.8, 4) is 46.0 Å². The Hall–Kier alpha value is -5.39. The highest BCUT2D eigenvalue weighted by molar-refractivity contribution is 6.42. The van der Waals surface area contributed by atoms with Crippen molar-refractivity contribution < 1.29 is 100 Å². The SMILES string of the molecule is COC1=CC2CC[N@+](C)(CCCOC(=O)/C=C(\Cl)C(=O)OCCC[N@+]3(C)CCc4cc(OC)c(OC)cc4[C@H]3Cc3cc(OC)c(OC)c(OC)c3)[C@@H](c3cc(OC)c(OC)c(OC)c3)C2C=C1OC.[Cl-].[Cl-]. The van der Waals surface area contributed by atoms with Gasteiger partial charge in [-0.3, -0.25) is 0 Å². The van der Waals surface area contributed by atoms with E-state index in [0.29, 0.717) is 98.8 Å². The van der Waals surface area contributed by atoms with E-state index >= 15 is 0 Å². The van der Waals surface area contributed by atoms with E-state index in [2.05, 4.69) is 38.4 Å². The maximum absolute atomic E-state index is 13.1. The van der Waals surface area contributed by atoms with Gasteiger partial charge in [0, 0.05) is 55.2 Å². The summed E-state index contributed by atoms with van der Waals surface area (Å²) in [4.78, 5) is 26.2. The Kier molecular flexibility index (Phi) is 21.8. The summed E-state index contributed by atoms with van der Waals surface area (Å²) in [5, 5.41) is -0.358. The van der Waals surface area contributed by atoms with Crippen LogP contribution in [0.2, 0.25) is 0 Å². The molecule has 3 aromatic rings. The van der Waals surface area contributed by atoms with Crippen LogP contribution in [0.5, 0.6) is 46.0 Å². The molecule has 0 bridgehead atoms. The molecule has 6 rings (SSSR count). The molecule has 72 heavy (non-hydrogen) atoms. The second kappa shape index (κ2) is 26.5. The first-order chi connectivity index (χ1) is 33.7. The van der Waals surface area contributed by atoms with Gasteiger partial charge >= 0.3 is 11.9 Å². The Labute approximate surface area is 441 Å². The molecular weight excluding hydrogens is 995 g/mol. The van der Waals surface area contributed by atoms with E-state index in [0.717, 1.165) is 48.7 Å². The number of ether oxygens (including phenoxy) is 12. The van der Waals surface area contributed by atoms with Crippen LogP contribution in [0.25, 0.3) is 0 Å². The van der Waals surface area contributed by atoms with Crippen LogP contribution in [0, 0.1) is 11.8 Å². The van der Waals surface area contributed by atoms with Gasteiger partial charge < -0.3 is 90.6 Å². The summed E-state index contributed by atoms with van der Waals surface area (Å²) in [5.74, 6) is 4.71. The van der Waals surface area contributed by atoms with Crippen molar-refractivity contribution in [1.29, 1.82) is 0 Å². The van der Waals surface area contributed by atoms with Crippen molar-refractivity contribution in [3.05, 3.63) is 93.4 Å². The number of likely N-dealkylation sites (N-methyl/N-ethyl adjacent to an activating group) is 1. The molecule has 3 aliphatic rings. The molecule has 0 N–H and O–H groups in total. The third-order valence-corrected chi connectivity index (χ3v) is 14.5. The lowest BCUT2D eigenvalue weighted by Crippen LogP contribution is -3.00. The first kappa shape index (κ1) is 59.2. The summed E-state index contributed by atoms with van der Waals surface area (Å²) in [7, 11) is 20.6. The van der Waals surface area contributed by atoms with E-state index in [1.54, 1.807) is 71.1 Å². The molecule has 1 saturated heterocycles. The highest BCUT2D eigenvalue weighted by atomic mass is 35.5. The molecule has 2 aliphatic heterocycles. The number of likely N-dealkylation sites (tertiary alicyclic amines) is 1. The summed E-state index contributed by atoms with van der Waals surface area (Å²) >= 11 is 6.37. The number of rotatable bonds is 23. The number of carbonyl (C=O) groups excluding carboxylic acids is 2. The van der Waals surface area contributed by atoms with E-state index < -0.39 is 11.9 Å². The molecule has 398 valence electrons. The van der Waals surface area contributed by atoms with E-state index in [-0.39, 0.29) is 67.0 Å². The van der Waals surface area contributed by atoms with Crippen molar-refractivity contribution in [2.24, 2.45) is 11.8 Å². The standard InChI is InChI=1S/C53H71ClN2O14.2ClH/c1-55(19-15-34-26-41(59-3)43(61-5)30-37(34)40(55)23-33-24-45(63-7)51(67-11)46(25-33)64-8)17-13-22-70-53(58)39(54)32-49(57)69-21-14-18-56(2)20-16-35-27-42(60-4)44(62-6)31-38(35)50(56)36-28-47(65-9)52(68-12)48(29-36)66-10;;/h24-32,35,38,40,50H,13-23H2,1-12H3;2*1H/q+2;;/p-2/b39-32-;;/t35?,38?,40-,50+,55-,56+;;/m1../s1. The topological polar surface area (TPSA) is 145 Å². The number of allylic oxidation sites excluding steroid dienone is 1. The molecular formula is C53H71Cl3N2O14. The van der Waals surface area contributed by atoms with Crippen molar-refractivity contribution in [2.45, 2.75) is 44.2 Å². The fourth-order valence-corrected chi connectivity index (χ4v) is 10.8. The normalized spacial score (nSPS) is 22.1. The zero-order chi connectivity index (χ0) is 50.8. The first-order valence-electron chi connectivity index (χ1n) is 23.4. The smallest absolute Gasteiger partial charge is 0.350 e. The quantitative estimate of drug-likeness (QED) is 0.0591. The van der Waals surface area contributed by atoms with Gasteiger partial charge in [0.05, 0.1) is 125 Å². The maximum atomic E-state index is 13.1. The van der Waals surface area contributed by atoms with Gasteiger partial charge in [0.2, 0.25) is 11.5 Å². The van der Waals surface area contributed by atoms with Crippen LogP contribution in [0.3, 0.4) is 0 Å². The average molecular weight is 1070 g/mol. The number of esters is 2. The molecule has 0 saturated carbocycles. The molecule has 19 heteroatoms. The summed E-state index contributed by atoms with van der Waals surface area (Å²) in [6.45, 7) is 3.20. The van der Waals surface area contributed by atoms with Gasteiger partial charge in [-0.2, -0.15) is 0 Å². The van der Waals surface area contributed by atoms with Gasteiger partial charge in [-0.25, -0.2) is 9.59 Å². The van der Waals surface area contributed by atoms with E-state index in [1.165, 1.54) is 5.56 Å². The number of hydrogen-bond acceptors (Lipinski definition) is 14. The molecule has 16 nitrogen and oxygen atoms in total. The van der Waals surface area contributed by atoms with Crippen LogP contribution in [0.4, 0.5) is 0 Å². The second-order valence-corrected chi connectivity index (χ2v) is 18.6. The van der Waals surface area contributed by atoms with Crippen molar-refractivity contribution in [3.63, 3.8) is 0 Å². The fraction of sp³-hybridized carbons (Fsp3) is 0.509. The van der Waals surface area contributed by atoms with Gasteiger partial charge in [-0.1, -0.05) is 11.6 Å². The van der Waals surface area contributed by atoms with E-state index in [1.807, 2.05) is 24.3 Å². The van der Waals surface area contributed by atoms with Crippen LogP contribution >= 0.6 is 11.6 Å². The fourth-order valence-electron chi connectivity index (χ4n) is 10.7. The summed E-state index contributed by atoms with van der Waals surface area (Å²) in [5.41, 5.74) is 4.32. The minimum absolute atomic E-state index is 0. The number of methoxy groups -OCH3 is 10. The maximum Gasteiger partial charge on any atom is 0.350 e. The van der Waals surface area contributed by atoms with Crippen molar-refractivity contribution >= 4 is 23.5 Å². The Balaban J connectivity index is 0.00000562. The number of quaternary nitrogens is 2. The molecule has 2 unspecified atom stereocenters. The lowest BCUT2D eigenvalue weighted by molar-refractivity contribution is -0.949. The first-order valence-corrected chi connectivity index (χ1v) is 23.8. The van der Waals surface area contributed by atoms with E-state index in [4.69, 9.17) is 68.4 Å². The largest absolute Gasteiger partial charge is 1.00 e. The molecule has 2 heterocycles. The lowest BCUT2D eigenvalue weighted by Gasteiger charge is -2.51. The minimum Gasteiger partial charge on any atom is -1.00 e. The van der Waals surface area contributed by atoms with Gasteiger partial charge in [0.15, 0.2) is 46.0 Å². The predicted octanol–water partition coefficient (Wildman–Crippen LogP) is 1.94. The summed E-state index contributed by atoms with van der Waals surface area (Å²) < 4.78 is 69.6. The minimum atomic E-state index is -0.799. The molecule has 0 spiro atoms. The third kappa shape index (κ3) is 12.9. The van der Waals surface area contributed by atoms with Crippen LogP contribution in [-0.4, -0.2) is 145 Å². The number of piperidine rings is 1. The van der Waals surface area contributed by atoms with Gasteiger partial charge in [-0.15, -0.1) is 0 Å². The molecule has 1 aliphatic carbocycles. The van der Waals surface area contributed by atoms with Gasteiger partial charge in [0.25, 0.3) is 0 Å². The van der Waals surface area contributed by atoms with E-state index in [9.17, 15) is 9.59 Å². The number of carbonyl (C=O) groups is 2. The number of hydrogen-bond donors (Lipinski definition) is 0. The van der Waals surface area contributed by atoms with Gasteiger partial charge in [0.1, 0.15) is 17.1 Å². The zero-order valence-corrected chi connectivity index (χ0v) is 45.8. The van der Waals surface area contributed by atoms with Gasteiger partial charge in [-0.05, 0) is 65.6 Å². The van der Waals surface area contributed by atoms with Crippen molar-refractivity contribution in [1.82, 2.24) is 0 Å². The Morgan fingerprint density at radius 2 is 1.12 bits per heavy atom. The van der Waals surface area contributed by atoms with Crippen molar-refractivity contribution in [2.75, 3.05) is 125 Å². The zero-order valence-electron chi connectivity index (χ0n) is 43.5. The second-order valence-electron chi connectivity index (χ2n) is 18.2. The third-order valence-electron chi connectivity index (χ3n) is 14.3. The lowest BCUT2D eigenvalue weighted by atomic mass is 9.72. The summed E-state index contributed by atoms with van der Waals surface area (Å²) in [6, 6.07) is 12.0. The number of nitrogens with zero attached hydrogens (tertiary/aromatic N) is 2. The Bertz CT molecular complexity index is 2400. The summed E-state index contributed by atoms with van der Waals surface area (Å²) in [6.07, 6.45) is 8.71. The monoisotopic (exact) mass is 1060 g/mol.